The van der Waals surface area contributed by atoms with Gasteiger partial charge in [-0.05, 0) is 43.2 Å². The van der Waals surface area contributed by atoms with E-state index in [0.29, 0.717) is 11.6 Å². The molecular formula is C27H23N5O. The van der Waals surface area contributed by atoms with E-state index in [1.54, 1.807) is 12.4 Å². The van der Waals surface area contributed by atoms with Crippen molar-refractivity contribution in [2.75, 3.05) is 0 Å². The van der Waals surface area contributed by atoms with Crippen molar-refractivity contribution in [2.45, 2.75) is 31.7 Å². The normalized spacial score (nSPS) is 14.2. The molecule has 2 aromatic carbocycles. The molecule has 6 heteroatoms. The van der Waals surface area contributed by atoms with Gasteiger partial charge in [0, 0.05) is 40.5 Å². The van der Waals surface area contributed by atoms with Crippen LogP contribution in [0.5, 0.6) is 0 Å². The highest BCUT2D eigenvalue weighted by atomic mass is 16.1. The number of hydrogen-bond donors (Lipinski definition) is 1. The van der Waals surface area contributed by atoms with E-state index in [1.165, 1.54) is 12.8 Å². The minimum absolute atomic E-state index is 0.000416. The Labute approximate surface area is 191 Å². The predicted octanol–water partition coefficient (Wildman–Crippen LogP) is 5.28. The smallest absolute Gasteiger partial charge is 0.251 e. The second-order valence-corrected chi connectivity index (χ2v) is 8.59. The average molecular weight is 434 g/mol. The summed E-state index contributed by atoms with van der Waals surface area (Å²) in [5, 5.41) is 4.23. The molecule has 5 aromatic rings. The van der Waals surface area contributed by atoms with Gasteiger partial charge in [-0.2, -0.15) is 0 Å². The van der Waals surface area contributed by atoms with Gasteiger partial charge >= 0.3 is 0 Å². The summed E-state index contributed by atoms with van der Waals surface area (Å²) in [6.07, 6.45) is 12.0. The lowest BCUT2D eigenvalue weighted by Gasteiger charge is -2.12. The molecule has 1 aliphatic rings. The molecule has 0 radical (unpaired) electrons. The van der Waals surface area contributed by atoms with Crippen molar-refractivity contribution < 1.29 is 4.79 Å². The zero-order valence-electron chi connectivity index (χ0n) is 18.1. The maximum Gasteiger partial charge on any atom is 0.251 e. The molecule has 3 heterocycles. The largest absolute Gasteiger partial charge is 0.349 e. The van der Waals surface area contributed by atoms with E-state index in [9.17, 15) is 4.79 Å². The summed E-state index contributed by atoms with van der Waals surface area (Å²) in [7, 11) is 0. The van der Waals surface area contributed by atoms with Gasteiger partial charge in [0.25, 0.3) is 5.91 Å². The second kappa shape index (κ2) is 8.13. The quantitative estimate of drug-likeness (QED) is 0.418. The van der Waals surface area contributed by atoms with Gasteiger partial charge in [0.2, 0.25) is 0 Å². The van der Waals surface area contributed by atoms with Crippen molar-refractivity contribution in [3.05, 3.63) is 84.9 Å². The number of amides is 1. The molecule has 0 unspecified atom stereocenters. The first-order valence-corrected chi connectivity index (χ1v) is 11.3. The zero-order chi connectivity index (χ0) is 22.2. The van der Waals surface area contributed by atoms with Gasteiger partial charge in [0.15, 0.2) is 5.65 Å². The van der Waals surface area contributed by atoms with Crippen LogP contribution in [0.1, 0.15) is 36.0 Å². The van der Waals surface area contributed by atoms with Crippen LogP contribution in [0.3, 0.4) is 0 Å². The van der Waals surface area contributed by atoms with Gasteiger partial charge in [-0.15, -0.1) is 0 Å². The molecule has 1 aliphatic carbocycles. The van der Waals surface area contributed by atoms with Crippen LogP contribution in [0, 0.1) is 0 Å². The third-order valence-corrected chi connectivity index (χ3v) is 6.43. The molecule has 0 aliphatic heterocycles. The Hall–Kier alpha value is -4.06. The zero-order valence-corrected chi connectivity index (χ0v) is 18.1. The maximum atomic E-state index is 12.5. The fourth-order valence-electron chi connectivity index (χ4n) is 4.62. The first-order chi connectivity index (χ1) is 16.2. The standard InChI is InChI=1S/C27H23N5O/c33-27(31-22-5-1-2-6-22)19-9-7-18(8-10-19)24-17-32-25(15-30-26(32)16-29-24)21-11-12-23-20(14-21)4-3-13-28-23/h3-4,7-17,22H,1-2,5-6H2,(H,31,33). The van der Waals surface area contributed by atoms with E-state index in [2.05, 4.69) is 42.9 Å². The molecular weight excluding hydrogens is 410 g/mol. The van der Waals surface area contributed by atoms with Crippen molar-refractivity contribution in [1.82, 2.24) is 24.7 Å². The molecule has 0 spiro atoms. The van der Waals surface area contributed by atoms with Crippen molar-refractivity contribution in [3.63, 3.8) is 0 Å². The van der Waals surface area contributed by atoms with Gasteiger partial charge in [0.1, 0.15) is 0 Å². The SMILES string of the molecule is O=C(NC1CCCC1)c1ccc(-c2cn3c(-c4ccc5ncccc5c4)cnc3cn2)cc1. The fourth-order valence-corrected chi connectivity index (χ4v) is 4.62. The number of rotatable bonds is 4. The lowest BCUT2D eigenvalue weighted by Crippen LogP contribution is -2.32. The maximum absolute atomic E-state index is 12.5. The highest BCUT2D eigenvalue weighted by Gasteiger charge is 2.18. The van der Waals surface area contributed by atoms with Crippen molar-refractivity contribution in [3.8, 4) is 22.5 Å². The number of pyridine rings is 1. The molecule has 0 atom stereocenters. The number of aromatic nitrogens is 4. The van der Waals surface area contributed by atoms with E-state index in [0.717, 1.165) is 51.9 Å². The third kappa shape index (κ3) is 3.74. The van der Waals surface area contributed by atoms with Crippen LogP contribution in [0.25, 0.3) is 39.1 Å². The Kier molecular flexibility index (Phi) is 4.83. The van der Waals surface area contributed by atoms with Gasteiger partial charge in [-0.1, -0.05) is 37.1 Å². The van der Waals surface area contributed by atoms with Crippen molar-refractivity contribution in [1.29, 1.82) is 0 Å². The molecule has 0 bridgehead atoms. The number of nitrogens with one attached hydrogen (secondary N) is 1. The Morgan fingerprint density at radius 2 is 1.73 bits per heavy atom. The number of carbonyl (C=O) groups excluding carboxylic acids is 1. The highest BCUT2D eigenvalue weighted by Crippen LogP contribution is 2.26. The van der Waals surface area contributed by atoms with Crippen LogP contribution < -0.4 is 5.32 Å². The summed E-state index contributed by atoms with van der Waals surface area (Å²) in [5.74, 6) is -0.000416. The van der Waals surface area contributed by atoms with E-state index in [-0.39, 0.29) is 5.91 Å². The number of nitrogens with zero attached hydrogens (tertiary/aromatic N) is 4. The number of benzene rings is 2. The lowest BCUT2D eigenvalue weighted by molar-refractivity contribution is 0.0938. The van der Waals surface area contributed by atoms with Crippen LogP contribution in [-0.4, -0.2) is 31.3 Å². The fraction of sp³-hybridized carbons (Fsp3) is 0.185. The average Bonchev–Trinajstić information content (AvgIpc) is 3.53. The molecule has 1 fully saturated rings. The third-order valence-electron chi connectivity index (χ3n) is 6.43. The molecule has 33 heavy (non-hydrogen) atoms. The van der Waals surface area contributed by atoms with Crippen molar-refractivity contribution in [2.24, 2.45) is 0 Å². The predicted molar refractivity (Wildman–Crippen MR) is 129 cm³/mol. The minimum atomic E-state index is -0.000416. The summed E-state index contributed by atoms with van der Waals surface area (Å²) < 4.78 is 2.06. The minimum Gasteiger partial charge on any atom is -0.349 e. The molecule has 1 N–H and O–H groups in total. The van der Waals surface area contributed by atoms with Gasteiger partial charge in [0.05, 0.1) is 29.3 Å². The Morgan fingerprint density at radius 3 is 2.58 bits per heavy atom. The van der Waals surface area contributed by atoms with E-state index < -0.39 is 0 Å². The van der Waals surface area contributed by atoms with Crippen LogP contribution >= 0.6 is 0 Å². The number of fused-ring (bicyclic) bond motifs is 2. The summed E-state index contributed by atoms with van der Waals surface area (Å²) in [6, 6.07) is 18.2. The van der Waals surface area contributed by atoms with Crippen molar-refractivity contribution >= 4 is 22.5 Å². The summed E-state index contributed by atoms with van der Waals surface area (Å²) in [5.41, 5.74) is 6.27. The second-order valence-electron chi connectivity index (χ2n) is 8.59. The van der Waals surface area contributed by atoms with Gasteiger partial charge in [-0.25, -0.2) is 4.98 Å². The summed E-state index contributed by atoms with van der Waals surface area (Å²) in [6.45, 7) is 0. The first kappa shape index (κ1) is 19.6. The van der Waals surface area contributed by atoms with Crippen LogP contribution in [0.2, 0.25) is 0 Å². The number of hydrogen-bond acceptors (Lipinski definition) is 4. The van der Waals surface area contributed by atoms with E-state index in [4.69, 9.17) is 0 Å². The number of imidazole rings is 1. The highest BCUT2D eigenvalue weighted by molar-refractivity contribution is 5.94. The van der Waals surface area contributed by atoms with Gasteiger partial charge < -0.3 is 5.32 Å². The topological polar surface area (TPSA) is 72.2 Å². The molecule has 1 saturated carbocycles. The molecule has 1 amide bonds. The molecule has 0 saturated heterocycles. The Balaban J connectivity index is 1.31. The Morgan fingerprint density at radius 1 is 0.909 bits per heavy atom. The van der Waals surface area contributed by atoms with Crippen LogP contribution in [0.15, 0.2) is 79.4 Å². The van der Waals surface area contributed by atoms with E-state index >= 15 is 0 Å². The number of carbonyl (C=O) groups is 1. The monoisotopic (exact) mass is 433 g/mol. The molecule has 3 aromatic heterocycles. The molecule has 6 nitrogen and oxygen atoms in total. The molecule has 6 rings (SSSR count). The van der Waals surface area contributed by atoms with Crippen LogP contribution in [0.4, 0.5) is 0 Å². The molecule has 162 valence electrons. The lowest BCUT2D eigenvalue weighted by atomic mass is 10.1. The van der Waals surface area contributed by atoms with E-state index in [1.807, 2.05) is 48.8 Å². The Bertz CT molecular complexity index is 1470. The van der Waals surface area contributed by atoms with Gasteiger partial charge in [-0.3, -0.25) is 19.2 Å². The van der Waals surface area contributed by atoms with Crippen LogP contribution in [-0.2, 0) is 0 Å². The first-order valence-electron chi connectivity index (χ1n) is 11.3. The summed E-state index contributed by atoms with van der Waals surface area (Å²) >= 11 is 0. The summed E-state index contributed by atoms with van der Waals surface area (Å²) in [4.78, 5) is 26.1.